The second-order valence-corrected chi connectivity index (χ2v) is 10.8. The fraction of sp³-hybridized carbons (Fsp3) is 0.367. The zero-order valence-electron chi connectivity index (χ0n) is 18.4. The van der Waals surface area contributed by atoms with E-state index in [1.54, 1.807) is 0 Å². The summed E-state index contributed by atoms with van der Waals surface area (Å²) >= 11 is 0. The Morgan fingerprint density at radius 1 is 0.710 bits per heavy atom. The number of hydrogen-bond acceptors (Lipinski definition) is 1. The predicted octanol–water partition coefficient (Wildman–Crippen LogP) is 6.45. The van der Waals surface area contributed by atoms with Crippen LogP contribution in [0.5, 0.6) is 0 Å². The molecule has 8 atom stereocenters. The molecule has 154 valence electrons. The van der Waals surface area contributed by atoms with E-state index in [9.17, 15) is 4.79 Å². The van der Waals surface area contributed by atoms with Crippen LogP contribution in [0.2, 0.25) is 0 Å². The molecule has 0 N–H and O–H groups in total. The van der Waals surface area contributed by atoms with Crippen molar-refractivity contribution in [3.63, 3.8) is 0 Å². The Bertz CT molecular complexity index is 1220. The van der Waals surface area contributed by atoms with Crippen LogP contribution >= 0.6 is 0 Å². The maximum Gasteiger partial charge on any atom is 0.153 e. The average Bonchev–Trinajstić information content (AvgIpc) is 3.03. The van der Waals surface area contributed by atoms with Gasteiger partial charge in [-0.1, -0.05) is 84.5 Å². The minimum atomic E-state index is -0.404. The van der Waals surface area contributed by atoms with Crippen LogP contribution in [0.1, 0.15) is 31.9 Å². The Morgan fingerprint density at radius 2 is 1.23 bits per heavy atom. The van der Waals surface area contributed by atoms with Gasteiger partial charge in [-0.25, -0.2) is 0 Å². The Hall–Kier alpha value is -2.67. The maximum absolute atomic E-state index is 14.4. The quantitative estimate of drug-likeness (QED) is 0.526. The van der Waals surface area contributed by atoms with Crippen LogP contribution in [0.4, 0.5) is 0 Å². The summed E-state index contributed by atoms with van der Waals surface area (Å²) in [4.78, 5) is 14.4. The van der Waals surface area contributed by atoms with E-state index < -0.39 is 10.8 Å². The van der Waals surface area contributed by atoms with E-state index in [2.05, 4.69) is 99.7 Å². The van der Waals surface area contributed by atoms with Gasteiger partial charge in [0.15, 0.2) is 5.78 Å². The van der Waals surface area contributed by atoms with Gasteiger partial charge < -0.3 is 0 Å². The number of rotatable bonds is 2. The van der Waals surface area contributed by atoms with Gasteiger partial charge in [0.1, 0.15) is 0 Å². The van der Waals surface area contributed by atoms with Gasteiger partial charge >= 0.3 is 0 Å². The van der Waals surface area contributed by atoms with Crippen molar-refractivity contribution in [2.24, 2.45) is 46.3 Å². The number of carbonyl (C=O) groups excluding carboxylic acids is 1. The Balaban J connectivity index is 1.52. The van der Waals surface area contributed by atoms with Crippen LogP contribution in [0, 0.1) is 46.3 Å². The molecule has 0 heterocycles. The maximum atomic E-state index is 14.4. The predicted molar refractivity (Wildman–Crippen MR) is 125 cm³/mol. The smallest absolute Gasteiger partial charge is 0.153 e. The number of ketones is 1. The van der Waals surface area contributed by atoms with Crippen molar-refractivity contribution in [1.82, 2.24) is 0 Å². The topological polar surface area (TPSA) is 17.1 Å². The van der Waals surface area contributed by atoms with Crippen LogP contribution in [0.25, 0.3) is 11.1 Å². The monoisotopic (exact) mass is 404 g/mol. The zero-order valence-corrected chi connectivity index (χ0v) is 18.4. The van der Waals surface area contributed by atoms with Gasteiger partial charge in [0.05, 0.1) is 10.8 Å². The summed E-state index contributed by atoms with van der Waals surface area (Å²) in [6.07, 6.45) is 7.37. The third kappa shape index (κ3) is 1.81. The Kier molecular flexibility index (Phi) is 3.23. The third-order valence-electron chi connectivity index (χ3n) is 9.73. The molecule has 0 amide bonds. The van der Waals surface area contributed by atoms with E-state index in [4.69, 9.17) is 0 Å². The first kappa shape index (κ1) is 18.0. The van der Waals surface area contributed by atoms with Gasteiger partial charge in [-0.05, 0) is 72.6 Å². The van der Waals surface area contributed by atoms with E-state index in [0.717, 1.165) is 0 Å². The van der Waals surface area contributed by atoms with Crippen molar-refractivity contribution in [3.8, 4) is 0 Å². The summed E-state index contributed by atoms with van der Waals surface area (Å²) in [5.74, 6) is 3.59. The summed E-state index contributed by atoms with van der Waals surface area (Å²) in [5.41, 5.74) is 5.78. The lowest BCUT2D eigenvalue weighted by Gasteiger charge is -2.65. The molecule has 0 radical (unpaired) electrons. The number of fused-ring (bicyclic) bond motifs is 5. The molecular weight excluding hydrogens is 376 g/mol. The molecule has 6 aliphatic rings. The molecule has 1 nitrogen and oxygen atoms in total. The molecule has 8 rings (SSSR count). The molecule has 2 fully saturated rings. The zero-order chi connectivity index (χ0) is 21.1. The first-order valence-corrected chi connectivity index (χ1v) is 11.8. The number of carbonyl (C=O) groups is 1. The van der Waals surface area contributed by atoms with Crippen molar-refractivity contribution in [2.75, 3.05) is 0 Å². The van der Waals surface area contributed by atoms with Crippen LogP contribution < -0.4 is 0 Å². The summed E-state index contributed by atoms with van der Waals surface area (Å²) < 4.78 is 0. The molecule has 31 heavy (non-hydrogen) atoms. The molecule has 0 aromatic heterocycles. The number of hydrogen-bond donors (Lipinski definition) is 0. The lowest BCUT2D eigenvalue weighted by molar-refractivity contribution is -0.127. The second-order valence-electron chi connectivity index (χ2n) is 10.8. The molecule has 6 aliphatic carbocycles. The van der Waals surface area contributed by atoms with Gasteiger partial charge in [-0.3, -0.25) is 4.79 Å². The first-order chi connectivity index (χ1) is 15.0. The van der Waals surface area contributed by atoms with E-state index in [1.807, 2.05) is 0 Å². The molecule has 0 spiro atoms. The van der Waals surface area contributed by atoms with Crippen LogP contribution in [-0.2, 0) is 4.79 Å². The van der Waals surface area contributed by atoms with E-state index in [1.165, 1.54) is 27.8 Å². The van der Waals surface area contributed by atoms with E-state index in [-0.39, 0.29) is 0 Å². The van der Waals surface area contributed by atoms with Gasteiger partial charge in [-0.15, -0.1) is 0 Å². The normalized spacial score (nSPS) is 43.6. The lowest BCUT2D eigenvalue weighted by atomic mass is 9.37. The van der Waals surface area contributed by atoms with Gasteiger partial charge in [0, 0.05) is 5.92 Å². The SMILES string of the molecule is CC1=C[C@H]2C=C[C@H]1[C@@H]1[C@@H]2[C@@H]2[C@H]1[C@@]1(C)C(=O)[C@@]2(C)C(c2ccccc2)=C1c1ccccc1. The highest BCUT2D eigenvalue weighted by Crippen LogP contribution is 2.82. The summed E-state index contributed by atoms with van der Waals surface area (Å²) in [5, 5.41) is 0. The van der Waals surface area contributed by atoms with Crippen molar-refractivity contribution in [2.45, 2.75) is 20.8 Å². The van der Waals surface area contributed by atoms with Crippen LogP contribution in [0.15, 0.2) is 84.5 Å². The van der Waals surface area contributed by atoms with E-state index >= 15 is 0 Å². The summed E-state index contributed by atoms with van der Waals surface area (Å²) in [7, 11) is 0. The molecule has 4 bridgehead atoms. The average molecular weight is 405 g/mol. The standard InChI is InChI=1S/C30H28O/c1-17-16-20-14-15-21(17)23-22(20)26-27(23)30(3)25(19-12-8-5-9-13-19)24(29(26,2)28(30)31)18-10-6-4-7-11-18/h4-16,20-23,26-27H,1-3H3/t20-,21-,22-,23-,26-,27+,29+,30+/m1/s1. The fourth-order valence-electron chi connectivity index (χ4n) is 8.82. The molecule has 0 saturated heterocycles. The van der Waals surface area contributed by atoms with Gasteiger partial charge in [-0.2, -0.15) is 0 Å². The largest absolute Gasteiger partial charge is 0.298 e. The molecule has 0 unspecified atom stereocenters. The minimum Gasteiger partial charge on any atom is -0.298 e. The summed E-state index contributed by atoms with van der Waals surface area (Å²) in [6.45, 7) is 6.88. The van der Waals surface area contributed by atoms with Crippen molar-refractivity contribution in [3.05, 3.63) is 95.6 Å². The summed E-state index contributed by atoms with van der Waals surface area (Å²) in [6, 6.07) is 21.5. The highest BCUT2D eigenvalue weighted by molar-refractivity contribution is 6.23. The second kappa shape index (κ2) is 5.57. The number of Topliss-reactive ketones (excluding diaryl/α,β-unsaturated/α-hetero) is 1. The minimum absolute atomic E-state index is 0.403. The number of benzene rings is 2. The number of allylic oxidation sites excluding steroid dienone is 6. The molecular formula is C30H28O. The van der Waals surface area contributed by atoms with E-state index in [0.29, 0.717) is 41.3 Å². The van der Waals surface area contributed by atoms with Crippen molar-refractivity contribution < 1.29 is 4.79 Å². The fourth-order valence-corrected chi connectivity index (χ4v) is 8.82. The molecule has 2 aromatic rings. The Labute approximate surface area is 184 Å². The highest BCUT2D eigenvalue weighted by Gasteiger charge is 2.81. The molecule has 2 saturated carbocycles. The molecule has 0 aliphatic heterocycles. The van der Waals surface area contributed by atoms with Gasteiger partial charge in [0.25, 0.3) is 0 Å². The van der Waals surface area contributed by atoms with Crippen LogP contribution in [-0.4, -0.2) is 5.78 Å². The Morgan fingerprint density at radius 3 is 1.74 bits per heavy atom. The van der Waals surface area contributed by atoms with Crippen molar-refractivity contribution in [1.29, 1.82) is 0 Å². The van der Waals surface area contributed by atoms with Crippen molar-refractivity contribution >= 4 is 16.9 Å². The first-order valence-electron chi connectivity index (χ1n) is 11.8. The highest BCUT2D eigenvalue weighted by atomic mass is 16.1. The lowest BCUT2D eigenvalue weighted by Crippen LogP contribution is -2.61. The molecule has 1 heteroatoms. The van der Waals surface area contributed by atoms with Gasteiger partial charge in [0.2, 0.25) is 0 Å². The van der Waals surface area contributed by atoms with Crippen LogP contribution in [0.3, 0.4) is 0 Å². The third-order valence-corrected chi connectivity index (χ3v) is 9.73. The molecule has 2 aromatic carbocycles.